The van der Waals surface area contributed by atoms with Crippen molar-refractivity contribution in [2.75, 3.05) is 18.8 Å². The number of carbonyl (C=O) groups excluding carboxylic acids is 1. The van der Waals surface area contributed by atoms with Gasteiger partial charge in [0, 0.05) is 19.3 Å². The SMILES string of the molecule is O=C(O)CSc1nnc(CNC(=O)N2CCC(O)(c3ccccn3)CC2)o1. The second kappa shape index (κ2) is 8.35. The van der Waals surface area contributed by atoms with Gasteiger partial charge < -0.3 is 24.8 Å². The molecule has 1 fully saturated rings. The van der Waals surface area contributed by atoms with Crippen molar-refractivity contribution in [2.45, 2.75) is 30.2 Å². The fourth-order valence-corrected chi connectivity index (χ4v) is 3.23. The van der Waals surface area contributed by atoms with Gasteiger partial charge in [0.05, 0.1) is 12.2 Å². The molecule has 144 valence electrons. The van der Waals surface area contributed by atoms with Crippen LogP contribution in [0.15, 0.2) is 34.0 Å². The van der Waals surface area contributed by atoms with Gasteiger partial charge in [0.25, 0.3) is 5.22 Å². The number of carboxylic acid groups (broad SMARTS) is 1. The number of nitrogens with zero attached hydrogens (tertiary/aromatic N) is 4. The maximum absolute atomic E-state index is 12.3. The summed E-state index contributed by atoms with van der Waals surface area (Å²) in [5.74, 6) is -0.969. The van der Waals surface area contributed by atoms with Crippen LogP contribution in [-0.2, 0) is 16.9 Å². The monoisotopic (exact) mass is 393 g/mol. The molecule has 11 heteroatoms. The lowest BCUT2D eigenvalue weighted by atomic mass is 9.88. The van der Waals surface area contributed by atoms with Gasteiger partial charge in [-0.25, -0.2) is 4.79 Å². The summed E-state index contributed by atoms with van der Waals surface area (Å²) in [6, 6.07) is 5.10. The van der Waals surface area contributed by atoms with Crippen molar-refractivity contribution >= 4 is 23.8 Å². The lowest BCUT2D eigenvalue weighted by Crippen LogP contribution is -2.48. The normalized spacial score (nSPS) is 16.1. The third kappa shape index (κ3) is 4.95. The number of aliphatic carboxylic acids is 1. The summed E-state index contributed by atoms with van der Waals surface area (Å²) in [4.78, 5) is 28.6. The van der Waals surface area contributed by atoms with Crippen molar-refractivity contribution in [2.24, 2.45) is 0 Å². The zero-order valence-corrected chi connectivity index (χ0v) is 15.2. The van der Waals surface area contributed by atoms with Crippen molar-refractivity contribution in [3.8, 4) is 0 Å². The zero-order chi connectivity index (χ0) is 19.3. The highest BCUT2D eigenvalue weighted by atomic mass is 32.2. The minimum atomic E-state index is -1.03. The van der Waals surface area contributed by atoms with E-state index >= 15 is 0 Å². The van der Waals surface area contributed by atoms with E-state index < -0.39 is 11.6 Å². The summed E-state index contributed by atoms with van der Waals surface area (Å²) in [5, 5.41) is 29.7. The van der Waals surface area contributed by atoms with Crippen molar-refractivity contribution in [1.29, 1.82) is 0 Å². The number of rotatable bonds is 6. The van der Waals surface area contributed by atoms with Gasteiger partial charge in [-0.3, -0.25) is 9.78 Å². The van der Waals surface area contributed by atoms with Gasteiger partial charge in [-0.05, 0) is 25.0 Å². The largest absolute Gasteiger partial charge is 0.481 e. The molecule has 0 radical (unpaired) electrons. The Morgan fingerprint density at radius 3 is 2.74 bits per heavy atom. The summed E-state index contributed by atoms with van der Waals surface area (Å²) in [7, 11) is 0. The van der Waals surface area contributed by atoms with Gasteiger partial charge in [0.2, 0.25) is 5.89 Å². The summed E-state index contributed by atoms with van der Waals surface area (Å²) in [6.07, 6.45) is 2.43. The fourth-order valence-electron chi connectivity index (χ4n) is 2.73. The lowest BCUT2D eigenvalue weighted by molar-refractivity contribution is -0.133. The number of urea groups is 1. The average molecular weight is 393 g/mol. The number of nitrogens with one attached hydrogen (secondary N) is 1. The van der Waals surface area contributed by atoms with Crippen molar-refractivity contribution in [3.63, 3.8) is 0 Å². The highest BCUT2D eigenvalue weighted by Crippen LogP contribution is 2.31. The molecule has 2 amide bonds. The molecule has 0 aromatic carbocycles. The van der Waals surface area contributed by atoms with E-state index in [4.69, 9.17) is 9.52 Å². The fraction of sp³-hybridized carbons (Fsp3) is 0.438. The molecule has 2 aromatic heterocycles. The molecule has 3 heterocycles. The topological polar surface area (TPSA) is 142 Å². The molecule has 2 aromatic rings. The Balaban J connectivity index is 1.47. The number of piperidine rings is 1. The minimum Gasteiger partial charge on any atom is -0.481 e. The number of carbonyl (C=O) groups is 2. The molecule has 0 aliphatic carbocycles. The van der Waals surface area contributed by atoms with Crippen LogP contribution in [0.3, 0.4) is 0 Å². The second-order valence-electron chi connectivity index (χ2n) is 6.04. The first-order chi connectivity index (χ1) is 13.0. The van der Waals surface area contributed by atoms with Gasteiger partial charge >= 0.3 is 12.0 Å². The highest BCUT2D eigenvalue weighted by molar-refractivity contribution is 7.99. The summed E-state index contributed by atoms with van der Waals surface area (Å²) in [6.45, 7) is 0.825. The summed E-state index contributed by atoms with van der Waals surface area (Å²) in [5.41, 5.74) is -0.414. The molecule has 1 aliphatic heterocycles. The number of amides is 2. The van der Waals surface area contributed by atoms with Crippen LogP contribution < -0.4 is 5.32 Å². The number of hydrogen-bond acceptors (Lipinski definition) is 8. The van der Waals surface area contributed by atoms with E-state index in [2.05, 4.69) is 20.5 Å². The van der Waals surface area contributed by atoms with Crippen LogP contribution in [0, 0.1) is 0 Å². The molecule has 0 saturated carbocycles. The van der Waals surface area contributed by atoms with Gasteiger partial charge in [0.15, 0.2) is 0 Å². The Morgan fingerprint density at radius 1 is 1.30 bits per heavy atom. The first kappa shape index (κ1) is 19.1. The molecule has 1 saturated heterocycles. The minimum absolute atomic E-state index is 0.0421. The van der Waals surface area contributed by atoms with Crippen LogP contribution in [0.1, 0.15) is 24.4 Å². The number of thioether (sulfide) groups is 1. The molecular formula is C16H19N5O5S. The van der Waals surface area contributed by atoms with Crippen molar-refractivity contribution < 1.29 is 24.2 Å². The Morgan fingerprint density at radius 2 is 2.07 bits per heavy atom. The van der Waals surface area contributed by atoms with Crippen LogP contribution in [0.5, 0.6) is 0 Å². The smallest absolute Gasteiger partial charge is 0.317 e. The van der Waals surface area contributed by atoms with Crippen LogP contribution in [0.2, 0.25) is 0 Å². The van der Waals surface area contributed by atoms with E-state index in [1.807, 2.05) is 6.07 Å². The first-order valence-electron chi connectivity index (χ1n) is 8.30. The van der Waals surface area contributed by atoms with E-state index in [-0.39, 0.29) is 29.4 Å². The third-order valence-corrected chi connectivity index (χ3v) is 4.98. The van der Waals surface area contributed by atoms with E-state index in [1.165, 1.54) is 0 Å². The molecule has 27 heavy (non-hydrogen) atoms. The van der Waals surface area contributed by atoms with E-state index in [1.54, 1.807) is 23.2 Å². The third-order valence-electron chi connectivity index (χ3n) is 4.18. The Labute approximate surface area is 159 Å². The molecule has 1 aliphatic rings. The Hall–Kier alpha value is -2.66. The van der Waals surface area contributed by atoms with Crippen LogP contribution in [0.25, 0.3) is 0 Å². The summed E-state index contributed by atoms with van der Waals surface area (Å²) < 4.78 is 5.26. The number of likely N-dealkylation sites (tertiary alicyclic amines) is 1. The molecule has 3 rings (SSSR count). The number of hydrogen-bond donors (Lipinski definition) is 3. The van der Waals surface area contributed by atoms with Crippen molar-refractivity contribution in [1.82, 2.24) is 25.4 Å². The molecule has 10 nitrogen and oxygen atoms in total. The molecule has 0 bridgehead atoms. The Kier molecular flexibility index (Phi) is 5.91. The van der Waals surface area contributed by atoms with E-state index in [9.17, 15) is 14.7 Å². The second-order valence-corrected chi connectivity index (χ2v) is 6.96. The lowest BCUT2D eigenvalue weighted by Gasteiger charge is -2.37. The molecule has 0 unspecified atom stereocenters. The maximum Gasteiger partial charge on any atom is 0.317 e. The predicted octanol–water partition coefficient (Wildman–Crippen LogP) is 0.834. The number of aromatic nitrogens is 3. The average Bonchev–Trinajstić information content (AvgIpc) is 3.14. The first-order valence-corrected chi connectivity index (χ1v) is 9.28. The highest BCUT2D eigenvalue weighted by Gasteiger charge is 2.36. The quantitative estimate of drug-likeness (QED) is 0.608. The molecule has 0 atom stereocenters. The van der Waals surface area contributed by atoms with Gasteiger partial charge in [-0.15, -0.1) is 10.2 Å². The van der Waals surface area contributed by atoms with Crippen LogP contribution in [-0.4, -0.2) is 61.1 Å². The molecule has 3 N–H and O–H groups in total. The number of aliphatic hydroxyl groups is 1. The maximum atomic E-state index is 12.3. The van der Waals surface area contributed by atoms with Gasteiger partial charge in [0.1, 0.15) is 11.4 Å². The summed E-state index contributed by atoms with van der Waals surface area (Å²) >= 11 is 0.913. The zero-order valence-electron chi connectivity index (χ0n) is 14.4. The van der Waals surface area contributed by atoms with Crippen LogP contribution in [0.4, 0.5) is 4.79 Å². The van der Waals surface area contributed by atoms with Crippen molar-refractivity contribution in [3.05, 3.63) is 36.0 Å². The van der Waals surface area contributed by atoms with E-state index in [0.717, 1.165) is 11.8 Å². The van der Waals surface area contributed by atoms with Gasteiger partial charge in [-0.2, -0.15) is 0 Å². The van der Waals surface area contributed by atoms with Gasteiger partial charge in [-0.1, -0.05) is 17.8 Å². The number of carboxylic acids is 1. The standard InChI is InChI=1S/C16H19N5O5S/c22-13(23)10-27-15-20-19-12(26-15)9-18-14(24)21-7-4-16(25,5-8-21)11-3-1-2-6-17-11/h1-3,6,25H,4-5,7-10H2,(H,18,24)(H,22,23). The number of pyridine rings is 1. The Bertz CT molecular complexity index is 792. The molecule has 0 spiro atoms. The van der Waals surface area contributed by atoms with E-state index in [0.29, 0.717) is 31.6 Å². The molecular weight excluding hydrogens is 374 g/mol. The van der Waals surface area contributed by atoms with Crippen LogP contribution >= 0.6 is 11.8 Å². The predicted molar refractivity (Wildman–Crippen MR) is 93.8 cm³/mol.